The van der Waals surface area contributed by atoms with Gasteiger partial charge in [0, 0.05) is 27.8 Å². The highest BCUT2D eigenvalue weighted by Gasteiger charge is 2.32. The van der Waals surface area contributed by atoms with E-state index in [-0.39, 0.29) is 11.5 Å². The molecule has 0 aliphatic carbocycles. The van der Waals surface area contributed by atoms with Crippen molar-refractivity contribution in [3.63, 3.8) is 0 Å². The number of thiazole rings is 1. The summed E-state index contributed by atoms with van der Waals surface area (Å²) < 4.78 is 4.35. The maximum Gasteiger partial charge on any atom is 0.271 e. The molecule has 0 spiro atoms. The Bertz CT molecular complexity index is 1990. The average molecular weight is 579 g/mol. The molecule has 0 saturated heterocycles. The van der Waals surface area contributed by atoms with Crippen LogP contribution in [0, 0.1) is 13.8 Å². The third-order valence-corrected chi connectivity index (χ3v) is 8.49. The van der Waals surface area contributed by atoms with E-state index in [0.717, 1.165) is 28.2 Å². The molecule has 6 rings (SSSR count). The molecule has 1 aliphatic rings. The number of aromatic nitrogens is 2. The number of para-hydroxylation sites is 2. The monoisotopic (exact) mass is 578 g/mol. The number of carbonyl (C=O) groups is 1. The topological polar surface area (TPSA) is 68.4 Å². The van der Waals surface area contributed by atoms with E-state index in [1.807, 2.05) is 73.7 Å². The van der Waals surface area contributed by atoms with Gasteiger partial charge in [0.1, 0.15) is 0 Å². The highest BCUT2D eigenvalue weighted by molar-refractivity contribution is 7.07. The lowest BCUT2D eigenvalue weighted by Crippen LogP contribution is -2.40. The fourth-order valence-corrected chi connectivity index (χ4v) is 6.51. The summed E-state index contributed by atoms with van der Waals surface area (Å²) in [6.07, 6.45) is 1.92. The van der Waals surface area contributed by atoms with E-state index in [1.165, 1.54) is 11.3 Å². The van der Waals surface area contributed by atoms with Gasteiger partial charge in [0.05, 0.1) is 21.8 Å². The Morgan fingerprint density at radius 3 is 2.29 bits per heavy atom. The fourth-order valence-electron chi connectivity index (χ4n) is 5.34. The van der Waals surface area contributed by atoms with Crippen molar-refractivity contribution in [3.05, 3.63) is 149 Å². The molecule has 8 heteroatoms. The number of nitrogens with one attached hydrogen (secondary N) is 1. The molecular formula is C33H27ClN4O2S. The van der Waals surface area contributed by atoms with Gasteiger partial charge in [-0.1, -0.05) is 71.5 Å². The Hall–Kier alpha value is -4.46. The Morgan fingerprint density at radius 1 is 0.951 bits per heavy atom. The summed E-state index contributed by atoms with van der Waals surface area (Å²) in [7, 11) is 0. The minimum Gasteiger partial charge on any atom is -0.322 e. The summed E-state index contributed by atoms with van der Waals surface area (Å²) in [5.41, 5.74) is 6.35. The van der Waals surface area contributed by atoms with Crippen LogP contribution in [0.5, 0.6) is 0 Å². The zero-order valence-electron chi connectivity index (χ0n) is 22.8. The van der Waals surface area contributed by atoms with Crippen LogP contribution in [0.3, 0.4) is 0 Å². The zero-order valence-corrected chi connectivity index (χ0v) is 24.3. The van der Waals surface area contributed by atoms with Gasteiger partial charge in [-0.05, 0) is 80.4 Å². The van der Waals surface area contributed by atoms with Crippen molar-refractivity contribution in [2.45, 2.75) is 26.8 Å². The van der Waals surface area contributed by atoms with Gasteiger partial charge in [-0.15, -0.1) is 0 Å². The maximum atomic E-state index is 14.1. The van der Waals surface area contributed by atoms with Gasteiger partial charge in [-0.2, -0.15) is 0 Å². The molecular weight excluding hydrogens is 552 g/mol. The van der Waals surface area contributed by atoms with Crippen LogP contribution >= 0.6 is 22.9 Å². The fraction of sp³-hybridized carbons (Fsp3) is 0.121. The van der Waals surface area contributed by atoms with Crippen LogP contribution in [0.2, 0.25) is 5.02 Å². The number of nitrogens with zero attached hydrogens (tertiary/aromatic N) is 3. The number of rotatable bonds is 5. The van der Waals surface area contributed by atoms with Crippen molar-refractivity contribution in [1.29, 1.82) is 0 Å². The molecule has 6 nitrogen and oxygen atoms in total. The normalized spacial score (nSPS) is 15.0. The molecule has 5 aromatic rings. The highest BCUT2D eigenvalue weighted by atomic mass is 35.5. The molecule has 1 atom stereocenters. The number of hydrogen-bond donors (Lipinski definition) is 1. The molecule has 0 radical (unpaired) electrons. The van der Waals surface area contributed by atoms with Crippen LogP contribution in [0.4, 0.5) is 5.69 Å². The highest BCUT2D eigenvalue weighted by Crippen LogP contribution is 2.31. The van der Waals surface area contributed by atoms with Crippen molar-refractivity contribution in [3.8, 4) is 5.69 Å². The number of hydrogen-bond acceptors (Lipinski definition) is 4. The van der Waals surface area contributed by atoms with Crippen LogP contribution in [0.1, 0.15) is 35.5 Å². The summed E-state index contributed by atoms with van der Waals surface area (Å²) >= 11 is 7.53. The first-order valence-corrected chi connectivity index (χ1v) is 14.4. The van der Waals surface area contributed by atoms with Gasteiger partial charge in [0.25, 0.3) is 11.5 Å². The second-order valence-electron chi connectivity index (χ2n) is 9.95. The van der Waals surface area contributed by atoms with E-state index in [0.29, 0.717) is 31.3 Å². The van der Waals surface area contributed by atoms with Gasteiger partial charge >= 0.3 is 0 Å². The number of amides is 1. The van der Waals surface area contributed by atoms with E-state index in [4.69, 9.17) is 16.6 Å². The Morgan fingerprint density at radius 2 is 1.61 bits per heavy atom. The minimum absolute atomic E-state index is 0.198. The van der Waals surface area contributed by atoms with Crippen LogP contribution < -0.4 is 20.2 Å². The smallest absolute Gasteiger partial charge is 0.271 e. The summed E-state index contributed by atoms with van der Waals surface area (Å²) in [6, 6.07) is 28.1. The van der Waals surface area contributed by atoms with Gasteiger partial charge in [0.2, 0.25) is 0 Å². The van der Waals surface area contributed by atoms with Crippen LogP contribution in [-0.4, -0.2) is 15.0 Å². The molecule has 3 aromatic carbocycles. The predicted molar refractivity (Wildman–Crippen MR) is 166 cm³/mol. The van der Waals surface area contributed by atoms with Gasteiger partial charge in [-0.3, -0.25) is 14.2 Å². The summed E-state index contributed by atoms with van der Waals surface area (Å²) in [5.74, 6) is -0.307. The molecule has 0 saturated carbocycles. The van der Waals surface area contributed by atoms with Gasteiger partial charge in [-0.25, -0.2) is 4.99 Å². The molecule has 0 unspecified atom stereocenters. The minimum atomic E-state index is -0.661. The summed E-state index contributed by atoms with van der Waals surface area (Å²) in [6.45, 7) is 5.92. The van der Waals surface area contributed by atoms with Crippen molar-refractivity contribution in [2.75, 3.05) is 5.32 Å². The molecule has 204 valence electrons. The van der Waals surface area contributed by atoms with E-state index >= 15 is 0 Å². The predicted octanol–water partition coefficient (Wildman–Crippen LogP) is 5.93. The lowest BCUT2D eigenvalue weighted by atomic mass is 9.95. The van der Waals surface area contributed by atoms with Gasteiger partial charge < -0.3 is 9.88 Å². The number of fused-ring (bicyclic) bond motifs is 1. The van der Waals surface area contributed by atoms with Gasteiger partial charge in [0.15, 0.2) is 4.80 Å². The first kappa shape index (κ1) is 26.7. The van der Waals surface area contributed by atoms with E-state index in [2.05, 4.69) is 41.9 Å². The maximum absolute atomic E-state index is 14.1. The van der Waals surface area contributed by atoms with Crippen molar-refractivity contribution in [2.24, 2.45) is 4.99 Å². The van der Waals surface area contributed by atoms with E-state index in [1.54, 1.807) is 16.7 Å². The quantitative estimate of drug-likeness (QED) is 0.281. The average Bonchev–Trinajstić information content (AvgIpc) is 3.42. The third kappa shape index (κ3) is 4.99. The Kier molecular flexibility index (Phi) is 7.07. The first-order chi connectivity index (χ1) is 19.8. The second kappa shape index (κ2) is 10.8. The van der Waals surface area contributed by atoms with E-state index < -0.39 is 6.04 Å². The number of aryl methyl sites for hydroxylation is 1. The summed E-state index contributed by atoms with van der Waals surface area (Å²) in [5, 5.41) is 3.55. The standard InChI is InChI=1S/C33H27ClN4O2S/c1-20-18-24(22(3)37(20)27-12-8-5-9-13-27)19-28-32(40)38-30(23-14-16-25(34)17-15-23)29(21(2)35-33(38)41-28)31(39)36-26-10-6-4-7-11-26/h4-19,30H,1-3H3,(H,36,39)/b28-19-/t30-/m1/s1. The summed E-state index contributed by atoms with van der Waals surface area (Å²) in [4.78, 5) is 33.1. The van der Waals surface area contributed by atoms with Crippen LogP contribution in [-0.2, 0) is 4.79 Å². The molecule has 0 bridgehead atoms. The molecule has 41 heavy (non-hydrogen) atoms. The van der Waals surface area contributed by atoms with Crippen LogP contribution in [0.25, 0.3) is 11.8 Å². The van der Waals surface area contributed by atoms with Crippen LogP contribution in [0.15, 0.2) is 112 Å². The number of benzene rings is 3. The Labute approximate surface area is 246 Å². The largest absolute Gasteiger partial charge is 0.322 e. The molecule has 1 aliphatic heterocycles. The van der Waals surface area contributed by atoms with Crippen molar-refractivity contribution >= 4 is 40.6 Å². The van der Waals surface area contributed by atoms with E-state index in [9.17, 15) is 9.59 Å². The zero-order chi connectivity index (χ0) is 28.7. The SMILES string of the molecule is CC1=C(C(=O)Nc2ccccc2)[C@@H](c2ccc(Cl)cc2)n2c(s/c(=C\c3cc(C)n(-c4ccccc4)c3C)c2=O)=N1. The first-order valence-electron chi connectivity index (χ1n) is 13.2. The number of anilines is 1. The molecule has 1 amide bonds. The third-order valence-electron chi connectivity index (χ3n) is 7.25. The van der Waals surface area contributed by atoms with Crippen molar-refractivity contribution < 1.29 is 4.79 Å². The number of halogens is 1. The molecule has 0 fully saturated rings. The van der Waals surface area contributed by atoms with Crippen molar-refractivity contribution in [1.82, 2.24) is 9.13 Å². The Balaban J connectivity index is 1.50. The molecule has 2 aromatic heterocycles. The number of allylic oxidation sites excluding steroid dienone is 1. The molecule has 1 N–H and O–H groups in total. The lowest BCUT2D eigenvalue weighted by molar-refractivity contribution is -0.113. The second-order valence-corrected chi connectivity index (χ2v) is 11.4. The number of carbonyl (C=O) groups excluding carboxylic acids is 1. The molecule has 3 heterocycles. The lowest BCUT2D eigenvalue weighted by Gasteiger charge is -2.25.